The molecule has 0 bridgehead atoms. The zero-order valence-electron chi connectivity index (χ0n) is 9.58. The fourth-order valence-electron chi connectivity index (χ4n) is 2.18. The van der Waals surface area contributed by atoms with Gasteiger partial charge in [0.2, 0.25) is 5.88 Å². The van der Waals surface area contributed by atoms with Gasteiger partial charge in [0.1, 0.15) is 12.5 Å². The molecule has 1 aliphatic heterocycles. The molecule has 0 amide bonds. The summed E-state index contributed by atoms with van der Waals surface area (Å²) in [5.74, 6) is 2.16. The van der Waals surface area contributed by atoms with Gasteiger partial charge >= 0.3 is 0 Å². The van der Waals surface area contributed by atoms with E-state index < -0.39 is 0 Å². The second-order valence-corrected chi connectivity index (χ2v) is 4.14. The number of ether oxygens (including phenoxy) is 1. The molecule has 16 heavy (non-hydrogen) atoms. The zero-order valence-corrected chi connectivity index (χ0v) is 9.58. The SMILES string of the molecule is COc1cnc(C2CCN(CCF)CC2)[nH]1. The van der Waals surface area contributed by atoms with Crippen molar-refractivity contribution < 1.29 is 9.13 Å². The van der Waals surface area contributed by atoms with E-state index in [1.807, 2.05) is 0 Å². The molecule has 0 radical (unpaired) electrons. The first kappa shape index (κ1) is 11.4. The van der Waals surface area contributed by atoms with Crippen molar-refractivity contribution in [3.63, 3.8) is 0 Å². The van der Waals surface area contributed by atoms with Crippen LogP contribution >= 0.6 is 0 Å². The van der Waals surface area contributed by atoms with Crippen LogP contribution in [0.4, 0.5) is 4.39 Å². The predicted octanol–water partition coefficient (Wildman–Crippen LogP) is 1.57. The van der Waals surface area contributed by atoms with Gasteiger partial charge in [-0.1, -0.05) is 0 Å². The van der Waals surface area contributed by atoms with Crippen LogP contribution in [-0.4, -0.2) is 48.3 Å². The minimum atomic E-state index is -0.251. The van der Waals surface area contributed by atoms with Gasteiger partial charge in [0.15, 0.2) is 0 Å². The normalized spacial score (nSPS) is 18.9. The van der Waals surface area contributed by atoms with Gasteiger partial charge in [-0.15, -0.1) is 0 Å². The molecule has 1 aromatic heterocycles. The summed E-state index contributed by atoms with van der Waals surface area (Å²) in [6.07, 6.45) is 3.79. The lowest BCUT2D eigenvalue weighted by Crippen LogP contribution is -2.34. The smallest absolute Gasteiger partial charge is 0.210 e. The van der Waals surface area contributed by atoms with Crippen molar-refractivity contribution in [1.82, 2.24) is 14.9 Å². The van der Waals surface area contributed by atoms with Crippen LogP contribution in [0.2, 0.25) is 0 Å². The van der Waals surface area contributed by atoms with Crippen molar-refractivity contribution in [1.29, 1.82) is 0 Å². The van der Waals surface area contributed by atoms with Crippen LogP contribution in [0.25, 0.3) is 0 Å². The number of likely N-dealkylation sites (tertiary alicyclic amines) is 1. The third-order valence-electron chi connectivity index (χ3n) is 3.17. The van der Waals surface area contributed by atoms with Crippen LogP contribution in [0, 0.1) is 0 Å². The van der Waals surface area contributed by atoms with E-state index in [2.05, 4.69) is 14.9 Å². The van der Waals surface area contributed by atoms with Crippen molar-refractivity contribution in [3.8, 4) is 5.88 Å². The second-order valence-electron chi connectivity index (χ2n) is 4.14. The molecule has 1 N–H and O–H groups in total. The minimum absolute atomic E-state index is 0.251. The van der Waals surface area contributed by atoms with E-state index in [0.717, 1.165) is 31.8 Å². The van der Waals surface area contributed by atoms with E-state index in [1.54, 1.807) is 13.3 Å². The van der Waals surface area contributed by atoms with Crippen LogP contribution in [0.15, 0.2) is 6.20 Å². The van der Waals surface area contributed by atoms with Crippen molar-refractivity contribution >= 4 is 0 Å². The highest BCUT2D eigenvalue weighted by Crippen LogP contribution is 2.26. The van der Waals surface area contributed by atoms with Crippen LogP contribution in [-0.2, 0) is 0 Å². The molecule has 1 aromatic rings. The average Bonchev–Trinajstić information content (AvgIpc) is 2.79. The maximum atomic E-state index is 12.2. The first-order chi connectivity index (χ1) is 7.83. The van der Waals surface area contributed by atoms with E-state index >= 15 is 0 Å². The molecule has 2 heterocycles. The first-order valence-electron chi connectivity index (χ1n) is 5.70. The summed E-state index contributed by atoms with van der Waals surface area (Å²) in [7, 11) is 1.63. The van der Waals surface area contributed by atoms with Crippen LogP contribution in [0.1, 0.15) is 24.6 Å². The lowest BCUT2D eigenvalue weighted by atomic mass is 9.96. The number of H-pyrrole nitrogens is 1. The Balaban J connectivity index is 1.88. The number of nitrogens with zero attached hydrogens (tertiary/aromatic N) is 2. The molecule has 0 aromatic carbocycles. The third kappa shape index (κ3) is 2.52. The summed E-state index contributed by atoms with van der Waals surface area (Å²) in [5.41, 5.74) is 0. The molecule has 4 nitrogen and oxygen atoms in total. The summed E-state index contributed by atoms with van der Waals surface area (Å²) in [5, 5.41) is 0. The highest BCUT2D eigenvalue weighted by atomic mass is 19.1. The highest BCUT2D eigenvalue weighted by molar-refractivity contribution is 5.11. The summed E-state index contributed by atoms with van der Waals surface area (Å²) >= 11 is 0. The molecule has 5 heteroatoms. The second kappa shape index (κ2) is 5.30. The van der Waals surface area contributed by atoms with Crippen molar-refractivity contribution in [3.05, 3.63) is 12.0 Å². The van der Waals surface area contributed by atoms with Gasteiger partial charge in [0.25, 0.3) is 0 Å². The fourth-order valence-corrected chi connectivity index (χ4v) is 2.18. The molecule has 1 saturated heterocycles. The Hall–Kier alpha value is -1.10. The standard InChI is InChI=1S/C11H18FN3O/c1-16-10-8-13-11(14-10)9-2-5-15(6-3-9)7-4-12/h8-9H,2-7H2,1H3,(H,13,14). The summed E-state index contributed by atoms with van der Waals surface area (Å²) in [4.78, 5) is 9.63. The molecule has 0 saturated carbocycles. The number of rotatable bonds is 4. The molecular weight excluding hydrogens is 209 g/mol. The number of hydrogen-bond donors (Lipinski definition) is 1. The van der Waals surface area contributed by atoms with E-state index in [1.165, 1.54) is 0 Å². The maximum absolute atomic E-state index is 12.2. The number of nitrogens with one attached hydrogen (secondary N) is 1. The summed E-state index contributed by atoms with van der Waals surface area (Å²) in [6, 6.07) is 0. The van der Waals surface area contributed by atoms with Gasteiger partial charge in [-0.3, -0.25) is 0 Å². The number of halogens is 1. The molecular formula is C11H18FN3O. The van der Waals surface area contributed by atoms with Gasteiger partial charge in [0, 0.05) is 12.5 Å². The molecule has 90 valence electrons. The van der Waals surface area contributed by atoms with Crippen molar-refractivity contribution in [2.75, 3.05) is 33.4 Å². The Bertz CT molecular complexity index is 321. The average molecular weight is 227 g/mol. The number of aromatic amines is 1. The molecule has 0 spiro atoms. The Morgan fingerprint density at radius 1 is 1.56 bits per heavy atom. The first-order valence-corrected chi connectivity index (χ1v) is 5.70. The number of imidazole rings is 1. The van der Waals surface area contributed by atoms with Gasteiger partial charge in [0.05, 0.1) is 13.3 Å². The predicted molar refractivity (Wildman–Crippen MR) is 59.5 cm³/mol. The van der Waals surface area contributed by atoms with Gasteiger partial charge in [-0.2, -0.15) is 0 Å². The maximum Gasteiger partial charge on any atom is 0.210 e. The molecule has 2 rings (SSSR count). The lowest BCUT2D eigenvalue weighted by molar-refractivity contribution is 0.194. The molecule has 0 unspecified atom stereocenters. The van der Waals surface area contributed by atoms with Crippen molar-refractivity contribution in [2.24, 2.45) is 0 Å². The van der Waals surface area contributed by atoms with Crippen molar-refractivity contribution in [2.45, 2.75) is 18.8 Å². The number of hydrogen-bond acceptors (Lipinski definition) is 3. The van der Waals surface area contributed by atoms with E-state index in [-0.39, 0.29) is 6.67 Å². The summed E-state index contributed by atoms with van der Waals surface area (Å²) in [6.45, 7) is 2.22. The quantitative estimate of drug-likeness (QED) is 0.848. The van der Waals surface area contributed by atoms with E-state index in [4.69, 9.17) is 4.74 Å². The number of alkyl halides is 1. The molecule has 0 atom stereocenters. The topological polar surface area (TPSA) is 41.1 Å². The molecule has 1 fully saturated rings. The van der Waals surface area contributed by atoms with Gasteiger partial charge < -0.3 is 14.6 Å². The number of piperidine rings is 1. The zero-order chi connectivity index (χ0) is 11.4. The largest absolute Gasteiger partial charge is 0.481 e. The van der Waals surface area contributed by atoms with E-state index in [0.29, 0.717) is 18.3 Å². The Morgan fingerprint density at radius 3 is 2.88 bits per heavy atom. The lowest BCUT2D eigenvalue weighted by Gasteiger charge is -2.30. The van der Waals surface area contributed by atoms with Crippen LogP contribution in [0.5, 0.6) is 5.88 Å². The van der Waals surface area contributed by atoms with Gasteiger partial charge in [-0.05, 0) is 25.9 Å². The molecule has 1 aliphatic rings. The monoisotopic (exact) mass is 227 g/mol. The number of methoxy groups -OCH3 is 1. The van der Waals surface area contributed by atoms with Crippen LogP contribution < -0.4 is 4.74 Å². The number of aromatic nitrogens is 2. The summed E-state index contributed by atoms with van der Waals surface area (Å²) < 4.78 is 17.2. The van der Waals surface area contributed by atoms with Crippen LogP contribution in [0.3, 0.4) is 0 Å². The Morgan fingerprint density at radius 2 is 2.31 bits per heavy atom. The Kier molecular flexibility index (Phi) is 3.77. The Labute approximate surface area is 94.8 Å². The fraction of sp³-hybridized carbons (Fsp3) is 0.727. The minimum Gasteiger partial charge on any atom is -0.481 e. The highest BCUT2D eigenvalue weighted by Gasteiger charge is 2.22. The van der Waals surface area contributed by atoms with Gasteiger partial charge in [-0.25, -0.2) is 9.37 Å². The third-order valence-corrected chi connectivity index (χ3v) is 3.17. The molecule has 0 aliphatic carbocycles. The van der Waals surface area contributed by atoms with E-state index in [9.17, 15) is 4.39 Å².